The van der Waals surface area contributed by atoms with Gasteiger partial charge < -0.3 is 14.2 Å². The fourth-order valence-corrected chi connectivity index (χ4v) is 9.91. The Morgan fingerprint density at radius 3 is 0.704 bits per heavy atom. The minimum atomic E-state index is -0.768. The van der Waals surface area contributed by atoms with Crippen molar-refractivity contribution in [2.75, 3.05) is 13.2 Å². The van der Waals surface area contributed by atoms with E-state index >= 15 is 0 Å². The van der Waals surface area contributed by atoms with Gasteiger partial charge in [-0.05, 0) is 44.9 Å². The standard InChI is InChI=1S/C65H124O6/c1-4-7-10-13-16-19-22-25-28-31-32-33-35-37-40-43-46-49-52-55-58-64(67)70-61-62(60-69-63(66)57-54-51-48-45-42-39-36-30-27-24-21-18-15-12-9-6-3)71-65(68)59-56-53-50-47-44-41-38-34-29-26-23-20-17-14-11-8-5-2/h26,29,62H,4-25,27-28,30-61H2,1-3H3/b29-26-. The molecule has 1 unspecified atom stereocenters. The summed E-state index contributed by atoms with van der Waals surface area (Å²) in [6.45, 7) is 6.71. The highest BCUT2D eigenvalue weighted by Crippen LogP contribution is 2.18. The van der Waals surface area contributed by atoms with E-state index in [4.69, 9.17) is 14.2 Å². The van der Waals surface area contributed by atoms with Crippen LogP contribution in [0.15, 0.2) is 12.2 Å². The second-order valence-corrected chi connectivity index (χ2v) is 22.0. The van der Waals surface area contributed by atoms with Crippen LogP contribution in [0.4, 0.5) is 0 Å². The third kappa shape index (κ3) is 58.9. The summed E-state index contributed by atoms with van der Waals surface area (Å²) >= 11 is 0. The van der Waals surface area contributed by atoms with Gasteiger partial charge in [-0.3, -0.25) is 14.4 Å². The van der Waals surface area contributed by atoms with Crippen LogP contribution in [0.25, 0.3) is 0 Å². The number of unbranched alkanes of at least 4 members (excludes halogenated alkanes) is 47. The molecular formula is C65H124O6. The van der Waals surface area contributed by atoms with Crippen molar-refractivity contribution in [3.8, 4) is 0 Å². The van der Waals surface area contributed by atoms with Crippen molar-refractivity contribution in [3.05, 3.63) is 12.2 Å². The first-order valence-electron chi connectivity index (χ1n) is 32.2. The van der Waals surface area contributed by atoms with Crippen LogP contribution < -0.4 is 0 Å². The number of hydrogen-bond acceptors (Lipinski definition) is 6. The summed E-state index contributed by atoms with van der Waals surface area (Å²) in [6.07, 6.45) is 70.7. The minimum Gasteiger partial charge on any atom is -0.462 e. The van der Waals surface area contributed by atoms with E-state index in [1.54, 1.807) is 0 Å². The summed E-state index contributed by atoms with van der Waals surface area (Å²) in [7, 11) is 0. The van der Waals surface area contributed by atoms with Gasteiger partial charge in [0.2, 0.25) is 0 Å². The highest BCUT2D eigenvalue weighted by atomic mass is 16.6. The maximum Gasteiger partial charge on any atom is 0.306 e. The smallest absolute Gasteiger partial charge is 0.306 e. The molecule has 0 N–H and O–H groups in total. The summed E-state index contributed by atoms with van der Waals surface area (Å²) in [4.78, 5) is 38.3. The maximum atomic E-state index is 12.9. The van der Waals surface area contributed by atoms with E-state index in [2.05, 4.69) is 32.9 Å². The lowest BCUT2D eigenvalue weighted by molar-refractivity contribution is -0.167. The Hall–Kier alpha value is -1.85. The molecule has 6 nitrogen and oxygen atoms in total. The molecule has 71 heavy (non-hydrogen) atoms. The molecule has 1 atom stereocenters. The summed E-state index contributed by atoms with van der Waals surface area (Å²) in [5.41, 5.74) is 0. The second kappa shape index (κ2) is 60.7. The molecule has 0 bridgehead atoms. The molecule has 0 amide bonds. The molecule has 0 spiro atoms. The zero-order chi connectivity index (χ0) is 51.4. The molecule has 0 radical (unpaired) electrons. The first-order valence-corrected chi connectivity index (χ1v) is 32.2. The quantitative estimate of drug-likeness (QED) is 0.0261. The van der Waals surface area contributed by atoms with E-state index < -0.39 is 6.10 Å². The Labute approximate surface area is 443 Å². The molecule has 0 saturated carbocycles. The lowest BCUT2D eigenvalue weighted by Crippen LogP contribution is -2.30. The van der Waals surface area contributed by atoms with E-state index in [-0.39, 0.29) is 31.1 Å². The fraction of sp³-hybridized carbons (Fsp3) is 0.923. The number of esters is 3. The highest BCUT2D eigenvalue weighted by Gasteiger charge is 2.19. The molecule has 0 saturated heterocycles. The van der Waals surface area contributed by atoms with Gasteiger partial charge >= 0.3 is 17.9 Å². The van der Waals surface area contributed by atoms with Crippen molar-refractivity contribution in [2.45, 2.75) is 374 Å². The zero-order valence-electron chi connectivity index (χ0n) is 48.3. The van der Waals surface area contributed by atoms with Crippen LogP contribution in [0.5, 0.6) is 0 Å². The Morgan fingerprint density at radius 2 is 0.465 bits per heavy atom. The molecule has 0 fully saturated rings. The topological polar surface area (TPSA) is 78.9 Å². The van der Waals surface area contributed by atoms with E-state index in [0.29, 0.717) is 19.3 Å². The number of ether oxygens (including phenoxy) is 3. The average molecular weight is 1000 g/mol. The first-order chi connectivity index (χ1) is 35.0. The van der Waals surface area contributed by atoms with Gasteiger partial charge in [0.05, 0.1) is 0 Å². The minimum absolute atomic E-state index is 0.0651. The second-order valence-electron chi connectivity index (χ2n) is 22.0. The summed E-state index contributed by atoms with van der Waals surface area (Å²) in [5.74, 6) is -0.838. The third-order valence-electron chi connectivity index (χ3n) is 14.8. The van der Waals surface area contributed by atoms with Crippen LogP contribution in [0.2, 0.25) is 0 Å². The highest BCUT2D eigenvalue weighted by molar-refractivity contribution is 5.71. The molecule has 0 heterocycles. The zero-order valence-corrected chi connectivity index (χ0v) is 48.3. The van der Waals surface area contributed by atoms with Gasteiger partial charge in [-0.15, -0.1) is 0 Å². The summed E-state index contributed by atoms with van der Waals surface area (Å²) < 4.78 is 17.0. The number of carbonyl (C=O) groups is 3. The van der Waals surface area contributed by atoms with Crippen molar-refractivity contribution in [3.63, 3.8) is 0 Å². The Kier molecular flexibility index (Phi) is 59.1. The van der Waals surface area contributed by atoms with Gasteiger partial charge in [-0.1, -0.05) is 315 Å². The van der Waals surface area contributed by atoms with E-state index in [1.807, 2.05) is 0 Å². The van der Waals surface area contributed by atoms with Gasteiger partial charge in [0.15, 0.2) is 6.10 Å². The number of hydrogen-bond donors (Lipinski definition) is 0. The summed E-state index contributed by atoms with van der Waals surface area (Å²) in [5, 5.41) is 0. The van der Waals surface area contributed by atoms with Crippen LogP contribution >= 0.6 is 0 Å². The molecule has 0 aromatic heterocycles. The molecule has 0 aromatic rings. The van der Waals surface area contributed by atoms with E-state index in [0.717, 1.165) is 57.8 Å². The van der Waals surface area contributed by atoms with Crippen LogP contribution in [0.3, 0.4) is 0 Å². The molecule has 6 heteroatoms. The molecule has 0 aromatic carbocycles. The average Bonchev–Trinajstić information content (AvgIpc) is 3.37. The van der Waals surface area contributed by atoms with Crippen LogP contribution in [0, 0.1) is 0 Å². The largest absolute Gasteiger partial charge is 0.462 e. The SMILES string of the molecule is CCCCCCCC/C=C\CCCCCCCCCC(=O)OC(COC(=O)CCCCCCCCCCCCCCCCCC)COC(=O)CCCCCCCCCCCCCCCCCCCCCC. The first kappa shape index (κ1) is 69.2. The Bertz CT molecular complexity index is 1100. The number of allylic oxidation sites excluding steroid dienone is 2. The van der Waals surface area contributed by atoms with E-state index in [1.165, 1.54) is 270 Å². The summed E-state index contributed by atoms with van der Waals surface area (Å²) in [6, 6.07) is 0. The number of carbonyl (C=O) groups excluding carboxylic acids is 3. The van der Waals surface area contributed by atoms with Gasteiger partial charge in [0.1, 0.15) is 13.2 Å². The maximum absolute atomic E-state index is 12.9. The van der Waals surface area contributed by atoms with Crippen LogP contribution in [-0.2, 0) is 28.6 Å². The van der Waals surface area contributed by atoms with E-state index in [9.17, 15) is 14.4 Å². The molecular weight excluding hydrogens is 877 g/mol. The normalized spacial score (nSPS) is 12.0. The number of rotatable bonds is 60. The van der Waals surface area contributed by atoms with Gasteiger partial charge in [0, 0.05) is 19.3 Å². The van der Waals surface area contributed by atoms with Crippen molar-refractivity contribution < 1.29 is 28.6 Å². The predicted octanol–water partition coefficient (Wildman–Crippen LogP) is 21.7. The fourth-order valence-electron chi connectivity index (χ4n) is 9.91. The molecule has 0 aliphatic carbocycles. The molecule has 0 aliphatic heterocycles. The van der Waals surface area contributed by atoms with Crippen molar-refractivity contribution in [1.29, 1.82) is 0 Å². The predicted molar refractivity (Wildman–Crippen MR) is 307 cm³/mol. The molecule has 0 aliphatic rings. The van der Waals surface area contributed by atoms with Crippen LogP contribution in [-0.4, -0.2) is 37.2 Å². The van der Waals surface area contributed by atoms with Gasteiger partial charge in [-0.2, -0.15) is 0 Å². The third-order valence-corrected chi connectivity index (χ3v) is 14.8. The van der Waals surface area contributed by atoms with Crippen molar-refractivity contribution >= 4 is 17.9 Å². The lowest BCUT2D eigenvalue weighted by atomic mass is 10.0. The van der Waals surface area contributed by atoms with Gasteiger partial charge in [-0.25, -0.2) is 0 Å². The molecule has 0 rings (SSSR count). The van der Waals surface area contributed by atoms with Crippen molar-refractivity contribution in [2.24, 2.45) is 0 Å². The van der Waals surface area contributed by atoms with Crippen molar-refractivity contribution in [1.82, 2.24) is 0 Å². The monoisotopic (exact) mass is 1000 g/mol. The molecule has 420 valence electrons. The van der Waals surface area contributed by atoms with Gasteiger partial charge in [0.25, 0.3) is 0 Å². The Morgan fingerprint density at radius 1 is 0.268 bits per heavy atom. The van der Waals surface area contributed by atoms with Crippen LogP contribution in [0.1, 0.15) is 367 Å². The lowest BCUT2D eigenvalue weighted by Gasteiger charge is -2.18. The Balaban J connectivity index is 4.29.